The molecule has 80 valence electrons. The van der Waals surface area contributed by atoms with E-state index in [1.807, 2.05) is 11.8 Å². The van der Waals surface area contributed by atoms with Crippen molar-refractivity contribution in [3.05, 3.63) is 0 Å². The predicted octanol–water partition coefficient (Wildman–Crippen LogP) is 2.73. The first-order valence-electron chi connectivity index (χ1n) is 5.68. The van der Waals surface area contributed by atoms with Crippen LogP contribution in [0, 0.1) is 5.41 Å². The Bertz CT molecular complexity index is 209. The van der Waals surface area contributed by atoms with Crippen LogP contribution in [0.5, 0.6) is 0 Å². The number of hydrogen-bond acceptors (Lipinski definition) is 2. The van der Waals surface area contributed by atoms with Crippen molar-refractivity contribution >= 4 is 17.6 Å². The molecule has 2 aliphatic rings. The highest BCUT2D eigenvalue weighted by atomic mass is 32.2. The summed E-state index contributed by atoms with van der Waals surface area (Å²) in [6.45, 7) is 1.15. The Morgan fingerprint density at radius 1 is 1.29 bits per heavy atom. The molecule has 0 spiro atoms. The molecule has 0 aromatic heterocycles. The fraction of sp³-hybridized carbons (Fsp3) is 0.909. The van der Waals surface area contributed by atoms with Gasteiger partial charge in [-0.3, -0.25) is 5.41 Å². The molecule has 0 aromatic carbocycles. The minimum Gasteiger partial charge on any atom is -0.358 e. The highest BCUT2D eigenvalue weighted by molar-refractivity contribution is 7.99. The molecule has 2 rings (SSSR count). The molecule has 0 radical (unpaired) electrons. The molecule has 1 heterocycles. The standard InChI is InChI=1S/C11H20N2S/c1-14-10-6-4-9(5-7-10)13-8-2-3-11(13)12/h9-10,12H,2-8H2,1H3. The molecular weight excluding hydrogens is 192 g/mol. The zero-order chi connectivity index (χ0) is 9.97. The zero-order valence-electron chi connectivity index (χ0n) is 8.96. The summed E-state index contributed by atoms with van der Waals surface area (Å²) in [5, 5.41) is 8.75. The maximum absolute atomic E-state index is 7.86. The molecule has 14 heavy (non-hydrogen) atoms. The highest BCUT2D eigenvalue weighted by Crippen LogP contribution is 2.31. The minimum absolute atomic E-state index is 0.702. The first-order chi connectivity index (χ1) is 6.81. The number of nitrogens with zero attached hydrogens (tertiary/aromatic N) is 1. The summed E-state index contributed by atoms with van der Waals surface area (Å²) in [4.78, 5) is 2.36. The SMILES string of the molecule is CSC1CCC(N2CCCC2=N)CC1. The van der Waals surface area contributed by atoms with Crippen molar-refractivity contribution in [3.63, 3.8) is 0 Å². The van der Waals surface area contributed by atoms with E-state index in [4.69, 9.17) is 5.41 Å². The molecule has 0 aromatic rings. The monoisotopic (exact) mass is 212 g/mol. The van der Waals surface area contributed by atoms with Gasteiger partial charge in [-0.2, -0.15) is 11.8 Å². The van der Waals surface area contributed by atoms with E-state index in [2.05, 4.69) is 11.2 Å². The largest absolute Gasteiger partial charge is 0.358 e. The summed E-state index contributed by atoms with van der Waals surface area (Å²) in [6, 6.07) is 0.702. The molecule has 0 amide bonds. The van der Waals surface area contributed by atoms with E-state index in [0.29, 0.717) is 6.04 Å². The summed E-state index contributed by atoms with van der Waals surface area (Å²) < 4.78 is 0. The van der Waals surface area contributed by atoms with Gasteiger partial charge in [-0.25, -0.2) is 0 Å². The van der Waals surface area contributed by atoms with Gasteiger partial charge in [0.2, 0.25) is 0 Å². The topological polar surface area (TPSA) is 27.1 Å². The molecule has 1 saturated heterocycles. The molecule has 1 aliphatic carbocycles. The van der Waals surface area contributed by atoms with Crippen molar-refractivity contribution in [1.29, 1.82) is 5.41 Å². The summed E-state index contributed by atoms with van der Waals surface area (Å²) in [6.07, 6.45) is 9.79. The van der Waals surface area contributed by atoms with Crippen molar-refractivity contribution in [2.75, 3.05) is 12.8 Å². The van der Waals surface area contributed by atoms with Gasteiger partial charge in [0.05, 0.1) is 5.84 Å². The predicted molar refractivity (Wildman–Crippen MR) is 63.2 cm³/mol. The summed E-state index contributed by atoms with van der Waals surface area (Å²) in [7, 11) is 0. The van der Waals surface area contributed by atoms with E-state index in [9.17, 15) is 0 Å². The zero-order valence-corrected chi connectivity index (χ0v) is 9.78. The average molecular weight is 212 g/mol. The lowest BCUT2D eigenvalue weighted by atomic mass is 9.94. The number of nitrogens with one attached hydrogen (secondary N) is 1. The number of likely N-dealkylation sites (tertiary alicyclic amines) is 1. The Morgan fingerprint density at radius 3 is 2.50 bits per heavy atom. The molecule has 2 fully saturated rings. The number of rotatable bonds is 2. The van der Waals surface area contributed by atoms with Crippen molar-refractivity contribution in [3.8, 4) is 0 Å². The van der Waals surface area contributed by atoms with Gasteiger partial charge in [0.1, 0.15) is 0 Å². The van der Waals surface area contributed by atoms with E-state index in [1.165, 1.54) is 32.1 Å². The molecule has 1 saturated carbocycles. The van der Waals surface area contributed by atoms with Gasteiger partial charge in [-0.05, 0) is 38.4 Å². The number of thioether (sulfide) groups is 1. The maximum Gasteiger partial charge on any atom is 0.0960 e. The van der Waals surface area contributed by atoms with Crippen molar-refractivity contribution in [2.24, 2.45) is 0 Å². The second-order valence-corrected chi connectivity index (χ2v) is 5.55. The lowest BCUT2D eigenvalue weighted by Crippen LogP contribution is -2.38. The Hall–Kier alpha value is -0.180. The average Bonchev–Trinajstić information content (AvgIpc) is 2.65. The molecule has 1 N–H and O–H groups in total. The molecule has 3 heteroatoms. The second kappa shape index (κ2) is 4.56. The van der Waals surface area contributed by atoms with Crippen LogP contribution >= 0.6 is 11.8 Å². The normalized spacial score (nSPS) is 33.8. The van der Waals surface area contributed by atoms with Crippen molar-refractivity contribution < 1.29 is 0 Å². The van der Waals surface area contributed by atoms with Gasteiger partial charge in [0, 0.05) is 24.3 Å². The van der Waals surface area contributed by atoms with Gasteiger partial charge in [-0.1, -0.05) is 0 Å². The van der Waals surface area contributed by atoms with Gasteiger partial charge >= 0.3 is 0 Å². The molecular formula is C11H20N2S. The molecule has 2 nitrogen and oxygen atoms in total. The first kappa shape index (κ1) is 10.3. The molecule has 1 aliphatic heterocycles. The summed E-state index contributed by atoms with van der Waals surface area (Å²) in [5.74, 6) is 0.901. The summed E-state index contributed by atoms with van der Waals surface area (Å²) in [5.41, 5.74) is 0. The van der Waals surface area contributed by atoms with Crippen molar-refractivity contribution in [1.82, 2.24) is 4.90 Å². The van der Waals surface area contributed by atoms with Crippen LogP contribution in [-0.2, 0) is 0 Å². The molecule has 0 unspecified atom stereocenters. The lowest BCUT2D eigenvalue weighted by Gasteiger charge is -2.35. The smallest absolute Gasteiger partial charge is 0.0960 e. The lowest BCUT2D eigenvalue weighted by molar-refractivity contribution is 0.261. The van der Waals surface area contributed by atoms with Crippen LogP contribution in [0.25, 0.3) is 0 Å². The molecule has 0 bridgehead atoms. The van der Waals surface area contributed by atoms with Crippen LogP contribution in [-0.4, -0.2) is 34.8 Å². The van der Waals surface area contributed by atoms with Crippen LogP contribution in [0.1, 0.15) is 38.5 Å². The van der Waals surface area contributed by atoms with Crippen LogP contribution in [0.3, 0.4) is 0 Å². The van der Waals surface area contributed by atoms with Gasteiger partial charge < -0.3 is 4.90 Å². The van der Waals surface area contributed by atoms with Crippen LogP contribution in [0.15, 0.2) is 0 Å². The second-order valence-electron chi connectivity index (χ2n) is 4.41. The highest BCUT2D eigenvalue weighted by Gasteiger charge is 2.29. The van der Waals surface area contributed by atoms with E-state index in [-0.39, 0.29) is 0 Å². The van der Waals surface area contributed by atoms with E-state index in [1.54, 1.807) is 0 Å². The Morgan fingerprint density at radius 2 is 2.00 bits per heavy atom. The minimum atomic E-state index is 0.702. The Kier molecular flexibility index (Phi) is 3.37. The van der Waals surface area contributed by atoms with E-state index < -0.39 is 0 Å². The van der Waals surface area contributed by atoms with E-state index in [0.717, 1.165) is 24.1 Å². The Balaban J connectivity index is 1.85. The summed E-state index contributed by atoms with van der Waals surface area (Å²) >= 11 is 2.02. The van der Waals surface area contributed by atoms with Crippen LogP contribution < -0.4 is 0 Å². The molecule has 0 atom stereocenters. The maximum atomic E-state index is 7.86. The third-order valence-corrected chi connectivity index (χ3v) is 4.72. The quantitative estimate of drug-likeness (QED) is 0.762. The van der Waals surface area contributed by atoms with Crippen molar-refractivity contribution in [2.45, 2.75) is 49.8 Å². The first-order valence-corrected chi connectivity index (χ1v) is 6.97. The van der Waals surface area contributed by atoms with Crippen LogP contribution in [0.4, 0.5) is 0 Å². The fourth-order valence-corrected chi connectivity index (χ4v) is 3.43. The fourth-order valence-electron chi connectivity index (χ4n) is 2.69. The van der Waals surface area contributed by atoms with Gasteiger partial charge in [0.25, 0.3) is 0 Å². The number of amidine groups is 1. The van der Waals surface area contributed by atoms with Crippen LogP contribution in [0.2, 0.25) is 0 Å². The number of hydrogen-bond donors (Lipinski definition) is 1. The third kappa shape index (κ3) is 2.08. The van der Waals surface area contributed by atoms with Gasteiger partial charge in [0.15, 0.2) is 0 Å². The third-order valence-electron chi connectivity index (χ3n) is 3.58. The van der Waals surface area contributed by atoms with Gasteiger partial charge in [-0.15, -0.1) is 0 Å². The Labute approximate surface area is 90.9 Å². The van der Waals surface area contributed by atoms with E-state index >= 15 is 0 Å².